The van der Waals surface area contributed by atoms with E-state index in [4.69, 9.17) is 11.5 Å². The van der Waals surface area contributed by atoms with E-state index in [1.165, 1.54) is 0 Å². The number of halogens is 1. The summed E-state index contributed by atoms with van der Waals surface area (Å²) < 4.78 is 13.1. The maximum Gasteiger partial charge on any atom is 0.231 e. The van der Waals surface area contributed by atoms with Crippen LogP contribution < -0.4 is 21.7 Å². The molecule has 1 aliphatic carbocycles. The zero-order chi connectivity index (χ0) is 21.7. The quantitative estimate of drug-likeness (QED) is 0.591. The highest BCUT2D eigenvalue weighted by Gasteiger charge is 2.43. The average Bonchev–Trinajstić information content (AvgIpc) is 3.31. The summed E-state index contributed by atoms with van der Waals surface area (Å²) in [7, 11) is 0. The van der Waals surface area contributed by atoms with Crippen molar-refractivity contribution in [3.63, 3.8) is 0 Å². The smallest absolute Gasteiger partial charge is 0.231 e. The van der Waals surface area contributed by atoms with Gasteiger partial charge in [0.05, 0.1) is 11.6 Å². The van der Waals surface area contributed by atoms with E-state index in [0.717, 1.165) is 41.8 Å². The van der Waals surface area contributed by atoms with Gasteiger partial charge in [0.15, 0.2) is 0 Å². The van der Waals surface area contributed by atoms with E-state index in [1.54, 1.807) is 18.5 Å². The first kappa shape index (κ1) is 19.6. The number of carbonyl (C=O) groups is 1. The Morgan fingerprint density at radius 3 is 2.74 bits per heavy atom. The number of amides is 1. The molecule has 160 valence electrons. The van der Waals surface area contributed by atoms with Crippen LogP contribution in [0.4, 0.5) is 21.8 Å². The summed E-state index contributed by atoms with van der Waals surface area (Å²) in [5.41, 5.74) is 14.8. The topological polar surface area (TPSA) is 123 Å². The fourth-order valence-electron chi connectivity index (χ4n) is 4.01. The summed E-state index contributed by atoms with van der Waals surface area (Å²) in [6, 6.07) is 5.85. The fourth-order valence-corrected chi connectivity index (χ4v) is 4.01. The van der Waals surface area contributed by atoms with Crippen molar-refractivity contribution >= 4 is 34.1 Å². The highest BCUT2D eigenvalue weighted by molar-refractivity contribution is 5.98. The van der Waals surface area contributed by atoms with Crippen LogP contribution in [0.2, 0.25) is 0 Å². The summed E-state index contributed by atoms with van der Waals surface area (Å²) in [4.78, 5) is 27.6. The van der Waals surface area contributed by atoms with Crippen LogP contribution in [-0.4, -0.2) is 46.2 Å². The van der Waals surface area contributed by atoms with Crippen molar-refractivity contribution in [2.24, 2.45) is 11.7 Å². The number of alkyl halides is 1. The lowest BCUT2D eigenvalue weighted by Crippen LogP contribution is -2.26. The number of carbonyl (C=O) groups excluding carboxylic acids is 1. The van der Waals surface area contributed by atoms with E-state index in [2.05, 4.69) is 25.2 Å². The van der Waals surface area contributed by atoms with Gasteiger partial charge < -0.3 is 21.7 Å². The van der Waals surface area contributed by atoms with Crippen molar-refractivity contribution in [1.29, 1.82) is 0 Å². The molecular formula is C22H24FN7O. The Bertz CT molecular complexity index is 1180. The van der Waals surface area contributed by atoms with Crippen molar-refractivity contribution in [3.05, 3.63) is 36.2 Å². The number of nitrogen functional groups attached to an aromatic ring is 1. The van der Waals surface area contributed by atoms with Gasteiger partial charge in [0.1, 0.15) is 23.6 Å². The number of aromatic nitrogens is 3. The average molecular weight is 421 g/mol. The van der Waals surface area contributed by atoms with Gasteiger partial charge >= 0.3 is 0 Å². The minimum absolute atomic E-state index is 0.183. The van der Waals surface area contributed by atoms with Gasteiger partial charge in [-0.1, -0.05) is 0 Å². The fraction of sp³-hybridized carbons (Fsp3) is 0.364. The zero-order valence-corrected chi connectivity index (χ0v) is 17.2. The van der Waals surface area contributed by atoms with Gasteiger partial charge in [0.2, 0.25) is 5.91 Å². The molecule has 1 saturated carbocycles. The summed E-state index contributed by atoms with van der Waals surface area (Å²) in [6.07, 6.45) is 3.56. The van der Waals surface area contributed by atoms with Crippen LogP contribution in [-0.2, 0) is 4.79 Å². The second-order valence-electron chi connectivity index (χ2n) is 8.38. The first-order chi connectivity index (χ1) is 14.9. The number of anilines is 3. The number of hydrogen-bond donors (Lipinski definition) is 3. The Kier molecular flexibility index (Phi) is 4.70. The summed E-state index contributed by atoms with van der Waals surface area (Å²) >= 11 is 0. The van der Waals surface area contributed by atoms with Gasteiger partial charge in [-0.2, -0.15) is 0 Å². The monoisotopic (exact) mass is 421 g/mol. The van der Waals surface area contributed by atoms with Crippen LogP contribution >= 0.6 is 0 Å². The second kappa shape index (κ2) is 7.42. The lowest BCUT2D eigenvalue weighted by molar-refractivity contribution is -0.117. The Hall–Kier alpha value is -3.33. The van der Waals surface area contributed by atoms with Crippen LogP contribution in [0.1, 0.15) is 18.4 Å². The molecule has 5 N–H and O–H groups in total. The molecule has 0 radical (unpaired) electrons. The third-order valence-electron chi connectivity index (χ3n) is 5.97. The number of rotatable bonds is 4. The molecule has 5 rings (SSSR count). The summed E-state index contributed by atoms with van der Waals surface area (Å²) in [5, 5.41) is 4.15. The van der Waals surface area contributed by atoms with E-state index >= 15 is 0 Å². The Labute approximate surface area is 178 Å². The lowest BCUT2D eigenvalue weighted by Gasteiger charge is -2.18. The molecular weight excluding hydrogens is 397 g/mol. The lowest BCUT2D eigenvalue weighted by atomic mass is 10.1. The molecule has 1 aliphatic heterocycles. The molecule has 9 heteroatoms. The van der Waals surface area contributed by atoms with Crippen LogP contribution in [0.5, 0.6) is 0 Å². The number of nitrogens with zero attached hydrogens (tertiary/aromatic N) is 4. The molecule has 3 aromatic heterocycles. The number of fused-ring (bicyclic) bond motifs is 1. The van der Waals surface area contributed by atoms with E-state index in [1.807, 2.05) is 19.1 Å². The normalized spacial score (nSPS) is 22.7. The highest BCUT2D eigenvalue weighted by Crippen LogP contribution is 2.35. The molecule has 0 bridgehead atoms. The Morgan fingerprint density at radius 1 is 1.26 bits per heavy atom. The third kappa shape index (κ3) is 3.76. The zero-order valence-electron chi connectivity index (χ0n) is 17.2. The Morgan fingerprint density at radius 2 is 2.06 bits per heavy atom. The number of hydrogen-bond acceptors (Lipinski definition) is 7. The SMILES string of the molecule is Cc1cc(N2CC[C@H](N)C2)ncc1-c1cc2cc(NC(=O)C3CC3F)ncc2c(N)n1. The van der Waals surface area contributed by atoms with Crippen molar-refractivity contribution in [3.8, 4) is 11.3 Å². The molecule has 0 spiro atoms. The van der Waals surface area contributed by atoms with Gasteiger partial charge in [0.25, 0.3) is 0 Å². The maximum atomic E-state index is 13.1. The summed E-state index contributed by atoms with van der Waals surface area (Å²) in [5.74, 6) is 0.692. The molecule has 1 saturated heterocycles. The summed E-state index contributed by atoms with van der Waals surface area (Å²) in [6.45, 7) is 3.72. The molecule has 3 atom stereocenters. The minimum Gasteiger partial charge on any atom is -0.383 e. The number of nitrogens with one attached hydrogen (secondary N) is 1. The standard InChI is InChI=1S/C22H24FN7O/c1-11-4-20(30-3-2-13(24)10-30)27-8-15(11)18-5-12-6-19(26-9-16(12)21(25)28-18)29-22(31)14-7-17(14)23/h4-6,8-9,13-14,17H,2-3,7,10,24H2,1H3,(H2,25,28)(H,26,29,31)/t13-,14?,17?/m0/s1. The first-order valence-electron chi connectivity index (χ1n) is 10.4. The first-order valence-corrected chi connectivity index (χ1v) is 10.4. The molecule has 2 unspecified atom stereocenters. The van der Waals surface area contributed by atoms with Crippen LogP contribution in [0, 0.1) is 12.8 Å². The largest absolute Gasteiger partial charge is 0.383 e. The third-order valence-corrected chi connectivity index (χ3v) is 5.97. The molecule has 0 aromatic carbocycles. The number of aryl methyl sites for hydroxylation is 1. The molecule has 1 amide bonds. The molecule has 3 aromatic rings. The van der Waals surface area contributed by atoms with Crippen LogP contribution in [0.15, 0.2) is 30.6 Å². The van der Waals surface area contributed by atoms with Crippen molar-refractivity contribution in [2.75, 3.05) is 29.0 Å². The van der Waals surface area contributed by atoms with E-state index in [0.29, 0.717) is 22.7 Å². The second-order valence-corrected chi connectivity index (χ2v) is 8.38. The van der Waals surface area contributed by atoms with Gasteiger partial charge in [-0.15, -0.1) is 0 Å². The molecule has 4 heterocycles. The van der Waals surface area contributed by atoms with Crippen molar-refractivity contribution < 1.29 is 9.18 Å². The molecule has 31 heavy (non-hydrogen) atoms. The van der Waals surface area contributed by atoms with E-state index < -0.39 is 12.1 Å². The predicted molar refractivity (Wildman–Crippen MR) is 118 cm³/mol. The van der Waals surface area contributed by atoms with E-state index in [-0.39, 0.29) is 18.4 Å². The van der Waals surface area contributed by atoms with Gasteiger partial charge in [-0.3, -0.25) is 4.79 Å². The van der Waals surface area contributed by atoms with Crippen molar-refractivity contribution in [2.45, 2.75) is 32.0 Å². The maximum absolute atomic E-state index is 13.1. The molecule has 2 aliphatic rings. The number of pyridine rings is 3. The van der Waals surface area contributed by atoms with E-state index in [9.17, 15) is 9.18 Å². The van der Waals surface area contributed by atoms with Crippen LogP contribution in [0.25, 0.3) is 22.0 Å². The predicted octanol–water partition coefficient (Wildman–Crippen LogP) is 2.42. The minimum atomic E-state index is -1.05. The molecule has 8 nitrogen and oxygen atoms in total. The highest BCUT2D eigenvalue weighted by atomic mass is 19.1. The molecule has 2 fully saturated rings. The van der Waals surface area contributed by atoms with Gasteiger partial charge in [-0.05, 0) is 48.9 Å². The van der Waals surface area contributed by atoms with Gasteiger partial charge in [0, 0.05) is 42.5 Å². The van der Waals surface area contributed by atoms with Gasteiger partial charge in [-0.25, -0.2) is 19.3 Å². The van der Waals surface area contributed by atoms with Crippen molar-refractivity contribution in [1.82, 2.24) is 15.0 Å². The Balaban J connectivity index is 1.46. The number of nitrogens with two attached hydrogens (primary N) is 2. The van der Waals surface area contributed by atoms with Crippen LogP contribution in [0.3, 0.4) is 0 Å².